The summed E-state index contributed by atoms with van der Waals surface area (Å²) in [6.45, 7) is 3.89. The number of hydrogen-bond acceptors (Lipinski definition) is 5. The summed E-state index contributed by atoms with van der Waals surface area (Å²) in [4.78, 5) is 20.1. The summed E-state index contributed by atoms with van der Waals surface area (Å²) in [5, 5.41) is 2.68. The van der Waals surface area contributed by atoms with Gasteiger partial charge in [-0.25, -0.2) is 13.4 Å². The number of benzene rings is 1. The normalized spacial score (nSPS) is 21.3. The number of aromatic nitrogens is 2. The fourth-order valence-corrected chi connectivity index (χ4v) is 5.20. The van der Waals surface area contributed by atoms with Crippen molar-refractivity contribution in [2.45, 2.75) is 50.1 Å². The molecule has 2 heterocycles. The average molecular weight is 374 g/mol. The Bertz CT molecular complexity index is 859. The molecule has 1 saturated heterocycles. The summed E-state index contributed by atoms with van der Waals surface area (Å²) in [7, 11) is -3.56. The Morgan fingerprint density at radius 1 is 1.12 bits per heavy atom. The van der Waals surface area contributed by atoms with Crippen LogP contribution in [0.2, 0.25) is 0 Å². The maximum absolute atomic E-state index is 13.0. The molecule has 1 aliphatic rings. The van der Waals surface area contributed by atoms with E-state index >= 15 is 0 Å². The van der Waals surface area contributed by atoms with Crippen LogP contribution in [0.15, 0.2) is 47.8 Å². The van der Waals surface area contributed by atoms with Crippen LogP contribution >= 0.6 is 0 Å². The van der Waals surface area contributed by atoms with Crippen molar-refractivity contribution in [3.63, 3.8) is 0 Å². The van der Waals surface area contributed by atoms with E-state index in [1.165, 1.54) is 30.7 Å². The van der Waals surface area contributed by atoms with Crippen LogP contribution in [0.5, 0.6) is 0 Å². The summed E-state index contributed by atoms with van der Waals surface area (Å²) in [6.07, 6.45) is 7.07. The van der Waals surface area contributed by atoms with Crippen LogP contribution in [0.3, 0.4) is 0 Å². The number of piperidine rings is 1. The molecule has 7 nitrogen and oxygen atoms in total. The van der Waals surface area contributed by atoms with Crippen molar-refractivity contribution in [1.29, 1.82) is 0 Å². The smallest absolute Gasteiger partial charge is 0.275 e. The van der Waals surface area contributed by atoms with Crippen molar-refractivity contribution >= 4 is 21.6 Å². The highest BCUT2D eigenvalue weighted by molar-refractivity contribution is 7.89. The van der Waals surface area contributed by atoms with Gasteiger partial charge in [-0.15, -0.1) is 0 Å². The summed E-state index contributed by atoms with van der Waals surface area (Å²) < 4.78 is 27.6. The molecule has 1 amide bonds. The molecule has 1 aliphatic heterocycles. The Morgan fingerprint density at radius 3 is 2.35 bits per heavy atom. The van der Waals surface area contributed by atoms with E-state index in [0.717, 1.165) is 19.3 Å². The standard InChI is InChI=1S/C18H22N4O3S/c1-13-4-3-5-14(2)22(13)26(24,25)16-8-6-15(7-9-16)21-18(23)17-12-19-10-11-20-17/h6-14H,3-5H2,1-2H3,(H,21,23)/t13-,14-/m0/s1. The van der Waals surface area contributed by atoms with Crippen molar-refractivity contribution in [1.82, 2.24) is 14.3 Å². The fraction of sp³-hybridized carbons (Fsp3) is 0.389. The Morgan fingerprint density at radius 2 is 1.77 bits per heavy atom. The third kappa shape index (κ3) is 3.76. The average Bonchev–Trinajstić information content (AvgIpc) is 2.62. The van der Waals surface area contributed by atoms with Gasteiger partial charge in [0.25, 0.3) is 5.91 Å². The zero-order valence-corrected chi connectivity index (χ0v) is 15.6. The lowest BCUT2D eigenvalue weighted by Gasteiger charge is -2.37. The van der Waals surface area contributed by atoms with Crippen molar-refractivity contribution in [3.8, 4) is 0 Å². The van der Waals surface area contributed by atoms with Crippen molar-refractivity contribution in [3.05, 3.63) is 48.5 Å². The minimum atomic E-state index is -3.56. The first-order chi connectivity index (χ1) is 12.4. The van der Waals surface area contributed by atoms with Crippen molar-refractivity contribution in [2.75, 3.05) is 5.32 Å². The molecular weight excluding hydrogens is 352 g/mol. The van der Waals surface area contributed by atoms with Crippen molar-refractivity contribution in [2.24, 2.45) is 0 Å². The van der Waals surface area contributed by atoms with Gasteiger partial charge in [-0.3, -0.25) is 9.78 Å². The lowest BCUT2D eigenvalue weighted by molar-refractivity contribution is 0.102. The van der Waals surface area contributed by atoms with Gasteiger partial charge in [0.1, 0.15) is 5.69 Å². The van der Waals surface area contributed by atoms with E-state index in [-0.39, 0.29) is 22.7 Å². The molecular formula is C18H22N4O3S. The van der Waals surface area contributed by atoms with Gasteiger partial charge in [-0.05, 0) is 51.0 Å². The molecule has 0 bridgehead atoms. The molecule has 1 aromatic carbocycles. The predicted molar refractivity (Wildman–Crippen MR) is 98.2 cm³/mol. The molecule has 2 aromatic rings. The first-order valence-corrected chi connectivity index (χ1v) is 10.0. The first-order valence-electron chi connectivity index (χ1n) is 8.60. The Hall–Kier alpha value is -2.32. The number of nitrogens with zero attached hydrogens (tertiary/aromatic N) is 3. The zero-order valence-electron chi connectivity index (χ0n) is 14.8. The highest BCUT2D eigenvalue weighted by Gasteiger charge is 2.35. The molecule has 26 heavy (non-hydrogen) atoms. The third-order valence-corrected chi connectivity index (χ3v) is 6.74. The van der Waals surface area contributed by atoms with Crippen LogP contribution in [0.4, 0.5) is 5.69 Å². The van der Waals surface area contributed by atoms with E-state index in [9.17, 15) is 13.2 Å². The minimum Gasteiger partial charge on any atom is -0.321 e. The van der Waals surface area contributed by atoms with Crippen LogP contribution < -0.4 is 5.32 Å². The topological polar surface area (TPSA) is 92.3 Å². The second-order valence-corrected chi connectivity index (χ2v) is 8.38. The first kappa shape index (κ1) is 18.5. The van der Waals surface area contributed by atoms with Gasteiger partial charge < -0.3 is 5.32 Å². The van der Waals surface area contributed by atoms with Gasteiger partial charge in [0, 0.05) is 30.2 Å². The number of carbonyl (C=O) groups is 1. The van der Waals surface area contributed by atoms with Crippen LogP contribution in [0.25, 0.3) is 0 Å². The number of carbonyl (C=O) groups excluding carboxylic acids is 1. The third-order valence-electron chi connectivity index (χ3n) is 4.60. The summed E-state index contributed by atoms with van der Waals surface area (Å²) in [5.74, 6) is -0.396. The summed E-state index contributed by atoms with van der Waals surface area (Å²) >= 11 is 0. The van der Waals surface area contributed by atoms with E-state index in [0.29, 0.717) is 5.69 Å². The lowest BCUT2D eigenvalue weighted by atomic mass is 10.0. The molecule has 0 saturated carbocycles. The van der Waals surface area contributed by atoms with Gasteiger partial charge in [-0.1, -0.05) is 6.42 Å². The van der Waals surface area contributed by atoms with Gasteiger partial charge >= 0.3 is 0 Å². The highest BCUT2D eigenvalue weighted by Crippen LogP contribution is 2.29. The summed E-state index contributed by atoms with van der Waals surface area (Å²) in [5.41, 5.74) is 0.694. The van der Waals surface area contributed by atoms with Crippen LogP contribution in [-0.2, 0) is 10.0 Å². The number of rotatable bonds is 4. The van der Waals surface area contributed by atoms with E-state index in [1.807, 2.05) is 13.8 Å². The number of hydrogen-bond donors (Lipinski definition) is 1. The maximum Gasteiger partial charge on any atom is 0.275 e. The zero-order chi connectivity index (χ0) is 18.7. The maximum atomic E-state index is 13.0. The molecule has 8 heteroatoms. The number of amides is 1. The molecule has 0 radical (unpaired) electrons. The molecule has 1 aromatic heterocycles. The molecule has 3 rings (SSSR count). The lowest BCUT2D eigenvalue weighted by Crippen LogP contribution is -2.47. The van der Waals surface area contributed by atoms with Gasteiger partial charge in [0.2, 0.25) is 10.0 Å². The van der Waals surface area contributed by atoms with E-state index in [1.54, 1.807) is 16.4 Å². The van der Waals surface area contributed by atoms with Crippen LogP contribution in [0.1, 0.15) is 43.6 Å². The molecule has 0 spiro atoms. The molecule has 1 fully saturated rings. The fourth-order valence-electron chi connectivity index (χ4n) is 3.31. The Balaban J connectivity index is 1.77. The van der Waals surface area contributed by atoms with Gasteiger partial charge in [0.15, 0.2) is 0 Å². The predicted octanol–water partition coefficient (Wildman–Crippen LogP) is 2.68. The van der Waals surface area contributed by atoms with Gasteiger partial charge in [-0.2, -0.15) is 4.31 Å². The Kier molecular flexibility index (Phi) is 5.33. The SMILES string of the molecule is C[C@H]1CCC[C@H](C)N1S(=O)(=O)c1ccc(NC(=O)c2cnccn2)cc1. The summed E-state index contributed by atoms with van der Waals surface area (Å²) in [6, 6.07) is 6.19. The molecule has 138 valence electrons. The number of nitrogens with one attached hydrogen (secondary N) is 1. The van der Waals surface area contributed by atoms with Crippen LogP contribution in [0, 0.1) is 0 Å². The highest BCUT2D eigenvalue weighted by atomic mass is 32.2. The second kappa shape index (κ2) is 7.51. The van der Waals surface area contributed by atoms with Crippen LogP contribution in [-0.4, -0.2) is 40.7 Å². The van der Waals surface area contributed by atoms with Gasteiger partial charge in [0.05, 0.1) is 11.1 Å². The van der Waals surface area contributed by atoms with E-state index in [2.05, 4.69) is 15.3 Å². The van der Waals surface area contributed by atoms with E-state index in [4.69, 9.17) is 0 Å². The van der Waals surface area contributed by atoms with Crippen molar-refractivity contribution < 1.29 is 13.2 Å². The quantitative estimate of drug-likeness (QED) is 0.888. The Labute approximate surface area is 153 Å². The minimum absolute atomic E-state index is 0.0141. The number of anilines is 1. The van der Waals surface area contributed by atoms with E-state index < -0.39 is 15.9 Å². The number of sulfonamides is 1. The largest absolute Gasteiger partial charge is 0.321 e. The second-order valence-electron chi connectivity index (χ2n) is 6.53. The molecule has 0 aliphatic carbocycles. The monoisotopic (exact) mass is 374 g/mol. The molecule has 1 N–H and O–H groups in total. The molecule has 2 atom stereocenters. The molecule has 0 unspecified atom stereocenters.